The van der Waals surface area contributed by atoms with Crippen LogP contribution in [0.3, 0.4) is 0 Å². The second-order valence-electron chi connectivity index (χ2n) is 2.01. The van der Waals surface area contributed by atoms with E-state index in [1.165, 1.54) is 6.07 Å². The Morgan fingerprint density at radius 3 is 2.60 bits per heavy atom. The molecule has 1 aromatic rings. The highest BCUT2D eigenvalue weighted by molar-refractivity contribution is 9.10. The summed E-state index contributed by atoms with van der Waals surface area (Å²) in [4.78, 5) is 0. The van der Waals surface area contributed by atoms with E-state index in [2.05, 4.69) is 15.9 Å². The molecule has 1 nitrogen and oxygen atoms in total. The van der Waals surface area contributed by atoms with E-state index >= 15 is 0 Å². The van der Waals surface area contributed by atoms with E-state index in [4.69, 9.17) is 5.11 Å². The molecule has 1 N–H and O–H groups in total. The molecule has 54 valence electrons. The van der Waals surface area contributed by atoms with Crippen LogP contribution in [0.4, 0.5) is 4.39 Å². The average Bonchev–Trinajstić information content (AvgIpc) is 1.93. The van der Waals surface area contributed by atoms with Crippen LogP contribution >= 0.6 is 15.9 Å². The molecule has 0 aromatic heterocycles. The van der Waals surface area contributed by atoms with Gasteiger partial charge in [0.05, 0.1) is 0 Å². The summed E-state index contributed by atoms with van der Waals surface area (Å²) in [6.07, 6.45) is 0. The Hall–Kier alpha value is -0.570. The van der Waals surface area contributed by atoms with Gasteiger partial charge in [0.25, 0.3) is 0 Å². The highest BCUT2D eigenvalue weighted by Gasteiger charge is 2.05. The van der Waals surface area contributed by atoms with Crippen LogP contribution in [0.2, 0.25) is 0 Å². The molecular weight excluding hydrogens is 199 g/mol. The Balaban J connectivity index is 3.34. The second kappa shape index (κ2) is 2.58. The summed E-state index contributed by atoms with van der Waals surface area (Å²) in [7, 11) is 0. The Bertz CT molecular complexity index is 233. The maximum Gasteiger partial charge on any atom is 0.168 e. The number of phenolic OH excluding ortho intramolecular Hbond substituents is 1. The van der Waals surface area contributed by atoms with Crippen molar-refractivity contribution in [3.8, 4) is 5.75 Å². The van der Waals surface area contributed by atoms with E-state index in [1.807, 2.05) is 0 Å². The van der Waals surface area contributed by atoms with E-state index < -0.39 is 5.82 Å². The molecule has 0 bridgehead atoms. The van der Waals surface area contributed by atoms with E-state index in [1.54, 1.807) is 13.0 Å². The lowest BCUT2D eigenvalue weighted by atomic mass is 10.2. The molecule has 1 aromatic carbocycles. The van der Waals surface area contributed by atoms with E-state index in [-0.39, 0.29) is 5.75 Å². The number of halogens is 2. The van der Waals surface area contributed by atoms with Crippen LogP contribution in [0.5, 0.6) is 5.75 Å². The molecule has 0 aliphatic carbocycles. The topological polar surface area (TPSA) is 20.2 Å². The zero-order valence-corrected chi connectivity index (χ0v) is 6.94. The quantitative estimate of drug-likeness (QED) is 0.690. The standard InChI is InChI=1S/C7H6BrFO/c1-4-5(8)2-3-6(10)7(4)9/h2-3,10H,1H3. The minimum atomic E-state index is -0.561. The second-order valence-corrected chi connectivity index (χ2v) is 2.86. The number of aromatic hydroxyl groups is 1. The van der Waals surface area contributed by atoms with Crippen LogP contribution in [-0.2, 0) is 0 Å². The smallest absolute Gasteiger partial charge is 0.168 e. The third-order valence-electron chi connectivity index (χ3n) is 1.30. The first-order valence-corrected chi connectivity index (χ1v) is 3.56. The molecule has 0 atom stereocenters. The van der Waals surface area contributed by atoms with Crippen molar-refractivity contribution in [3.05, 3.63) is 28.0 Å². The third kappa shape index (κ3) is 1.14. The van der Waals surface area contributed by atoms with Crippen molar-refractivity contribution >= 4 is 15.9 Å². The molecule has 0 spiro atoms. The van der Waals surface area contributed by atoms with Crippen molar-refractivity contribution in [2.75, 3.05) is 0 Å². The van der Waals surface area contributed by atoms with Crippen LogP contribution in [-0.4, -0.2) is 5.11 Å². The molecule has 0 aliphatic heterocycles. The van der Waals surface area contributed by atoms with E-state index in [9.17, 15) is 4.39 Å². The first-order chi connectivity index (χ1) is 4.63. The van der Waals surface area contributed by atoms with Gasteiger partial charge in [-0.1, -0.05) is 15.9 Å². The Kier molecular flexibility index (Phi) is 1.94. The van der Waals surface area contributed by atoms with Crippen molar-refractivity contribution in [2.45, 2.75) is 6.92 Å². The number of hydrogen-bond acceptors (Lipinski definition) is 1. The fourth-order valence-corrected chi connectivity index (χ4v) is 0.953. The lowest BCUT2D eigenvalue weighted by molar-refractivity contribution is 0.430. The zero-order valence-electron chi connectivity index (χ0n) is 5.36. The van der Waals surface area contributed by atoms with Crippen molar-refractivity contribution < 1.29 is 9.50 Å². The Labute approximate surface area is 66.6 Å². The SMILES string of the molecule is Cc1c(Br)ccc(O)c1F. The summed E-state index contributed by atoms with van der Waals surface area (Å²) in [5.74, 6) is -0.866. The van der Waals surface area contributed by atoms with Crippen LogP contribution in [0.25, 0.3) is 0 Å². The third-order valence-corrected chi connectivity index (χ3v) is 2.16. The van der Waals surface area contributed by atoms with Crippen LogP contribution in [0, 0.1) is 12.7 Å². The Morgan fingerprint density at radius 1 is 1.50 bits per heavy atom. The van der Waals surface area contributed by atoms with Gasteiger partial charge in [0.15, 0.2) is 11.6 Å². The lowest BCUT2D eigenvalue weighted by Gasteiger charge is -2.00. The van der Waals surface area contributed by atoms with Gasteiger partial charge >= 0.3 is 0 Å². The van der Waals surface area contributed by atoms with Crippen LogP contribution in [0.15, 0.2) is 16.6 Å². The molecule has 1 rings (SSSR count). The van der Waals surface area contributed by atoms with Gasteiger partial charge in [0, 0.05) is 10.0 Å². The van der Waals surface area contributed by atoms with E-state index in [0.29, 0.717) is 10.0 Å². The number of rotatable bonds is 0. The van der Waals surface area contributed by atoms with Gasteiger partial charge in [-0.2, -0.15) is 0 Å². The summed E-state index contributed by atoms with van der Waals surface area (Å²) >= 11 is 3.13. The predicted octanol–water partition coefficient (Wildman–Crippen LogP) is 2.60. The van der Waals surface area contributed by atoms with Gasteiger partial charge in [0.2, 0.25) is 0 Å². The zero-order chi connectivity index (χ0) is 7.72. The summed E-state index contributed by atoms with van der Waals surface area (Å²) in [6, 6.07) is 2.92. The first kappa shape index (κ1) is 7.54. The lowest BCUT2D eigenvalue weighted by Crippen LogP contribution is -1.83. The normalized spacial score (nSPS) is 9.90. The number of hydrogen-bond donors (Lipinski definition) is 1. The van der Waals surface area contributed by atoms with Gasteiger partial charge < -0.3 is 5.11 Å². The van der Waals surface area contributed by atoms with Gasteiger partial charge in [0.1, 0.15) is 0 Å². The van der Waals surface area contributed by atoms with Crippen molar-refractivity contribution in [1.82, 2.24) is 0 Å². The fraction of sp³-hybridized carbons (Fsp3) is 0.143. The highest BCUT2D eigenvalue weighted by atomic mass is 79.9. The molecular formula is C7H6BrFO. The summed E-state index contributed by atoms with van der Waals surface area (Å²) in [6.45, 7) is 1.60. The summed E-state index contributed by atoms with van der Waals surface area (Å²) in [5, 5.41) is 8.83. The molecule has 0 unspecified atom stereocenters. The predicted molar refractivity (Wildman–Crippen MR) is 40.5 cm³/mol. The molecule has 0 heterocycles. The molecule has 0 saturated carbocycles. The maximum atomic E-state index is 12.7. The number of benzene rings is 1. The minimum Gasteiger partial charge on any atom is -0.505 e. The molecule has 0 saturated heterocycles. The fourth-order valence-electron chi connectivity index (χ4n) is 0.647. The minimum absolute atomic E-state index is 0.305. The molecule has 0 aliphatic rings. The van der Waals surface area contributed by atoms with Gasteiger partial charge in [-0.15, -0.1) is 0 Å². The molecule has 0 fully saturated rings. The molecule has 0 amide bonds. The van der Waals surface area contributed by atoms with Gasteiger partial charge in [-0.25, -0.2) is 4.39 Å². The Morgan fingerprint density at radius 2 is 2.10 bits per heavy atom. The van der Waals surface area contributed by atoms with Gasteiger partial charge in [-0.05, 0) is 19.1 Å². The van der Waals surface area contributed by atoms with Gasteiger partial charge in [-0.3, -0.25) is 0 Å². The monoisotopic (exact) mass is 204 g/mol. The molecule has 10 heavy (non-hydrogen) atoms. The first-order valence-electron chi connectivity index (χ1n) is 2.76. The maximum absolute atomic E-state index is 12.7. The van der Waals surface area contributed by atoms with Crippen LogP contribution < -0.4 is 0 Å². The van der Waals surface area contributed by atoms with Crippen molar-refractivity contribution in [3.63, 3.8) is 0 Å². The van der Waals surface area contributed by atoms with E-state index in [0.717, 1.165) is 0 Å². The number of phenols is 1. The largest absolute Gasteiger partial charge is 0.505 e. The highest BCUT2D eigenvalue weighted by Crippen LogP contribution is 2.25. The average molecular weight is 205 g/mol. The molecule has 3 heteroatoms. The summed E-state index contributed by atoms with van der Waals surface area (Å²) < 4.78 is 13.4. The van der Waals surface area contributed by atoms with Crippen LogP contribution in [0.1, 0.15) is 5.56 Å². The summed E-state index contributed by atoms with van der Waals surface area (Å²) in [5.41, 5.74) is 0.431. The van der Waals surface area contributed by atoms with Crippen molar-refractivity contribution in [1.29, 1.82) is 0 Å². The van der Waals surface area contributed by atoms with Crippen molar-refractivity contribution in [2.24, 2.45) is 0 Å². The molecule has 0 radical (unpaired) electrons.